The van der Waals surface area contributed by atoms with Crippen molar-refractivity contribution in [1.29, 1.82) is 0 Å². The molecule has 1 aromatic carbocycles. The van der Waals surface area contributed by atoms with Gasteiger partial charge >= 0.3 is 0 Å². The normalized spacial score (nSPS) is 9.53. The van der Waals surface area contributed by atoms with E-state index >= 15 is 0 Å². The van der Waals surface area contributed by atoms with Crippen LogP contribution in [0, 0.1) is 0 Å². The molecule has 1 N–H and O–H groups in total. The highest BCUT2D eigenvalue weighted by Crippen LogP contribution is 2.31. The number of aldehydes is 1. The zero-order valence-electron chi connectivity index (χ0n) is 8.33. The number of halogens is 1. The summed E-state index contributed by atoms with van der Waals surface area (Å²) in [6.45, 7) is 1.35. The molecule has 1 aromatic rings. The van der Waals surface area contributed by atoms with E-state index in [0.29, 0.717) is 22.7 Å². The molecule has 0 saturated carbocycles. The lowest BCUT2D eigenvalue weighted by Crippen LogP contribution is -2.09. The highest BCUT2D eigenvalue weighted by molar-refractivity contribution is 6.31. The number of benzene rings is 1. The summed E-state index contributed by atoms with van der Waals surface area (Å²) >= 11 is 5.76. The van der Waals surface area contributed by atoms with Crippen molar-refractivity contribution in [2.24, 2.45) is 0 Å². The molecule has 80 valence electrons. The molecule has 0 aromatic heterocycles. The molecule has 0 aliphatic carbocycles. The molecule has 0 atom stereocenters. The average molecular weight is 228 g/mol. The Morgan fingerprint density at radius 2 is 2.20 bits per heavy atom. The highest BCUT2D eigenvalue weighted by Gasteiger charge is 2.11. The second-order valence-electron chi connectivity index (χ2n) is 2.87. The van der Waals surface area contributed by atoms with Crippen molar-refractivity contribution < 1.29 is 14.3 Å². The maximum atomic E-state index is 10.9. The Labute approximate surface area is 92.2 Å². The maximum Gasteiger partial charge on any atom is 0.221 e. The summed E-state index contributed by atoms with van der Waals surface area (Å²) in [4.78, 5) is 21.7. The van der Waals surface area contributed by atoms with Crippen LogP contribution in [-0.4, -0.2) is 19.3 Å². The van der Waals surface area contributed by atoms with Gasteiger partial charge in [0.2, 0.25) is 5.91 Å². The molecule has 0 radical (unpaired) electrons. The van der Waals surface area contributed by atoms with Gasteiger partial charge in [0.05, 0.1) is 12.8 Å². The molecular weight excluding hydrogens is 218 g/mol. The Morgan fingerprint density at radius 3 is 2.67 bits per heavy atom. The Bertz CT molecular complexity index is 404. The molecule has 15 heavy (non-hydrogen) atoms. The molecule has 0 fully saturated rings. The van der Waals surface area contributed by atoms with E-state index in [0.717, 1.165) is 0 Å². The first-order valence-electron chi connectivity index (χ1n) is 4.18. The van der Waals surface area contributed by atoms with Crippen LogP contribution in [0.2, 0.25) is 5.02 Å². The quantitative estimate of drug-likeness (QED) is 0.805. The second-order valence-corrected chi connectivity index (χ2v) is 3.31. The maximum absolute atomic E-state index is 10.9. The summed E-state index contributed by atoms with van der Waals surface area (Å²) in [5, 5.41) is 2.90. The summed E-state index contributed by atoms with van der Waals surface area (Å²) in [7, 11) is 1.44. The molecule has 0 unspecified atom stereocenters. The third kappa shape index (κ3) is 2.70. The predicted molar refractivity (Wildman–Crippen MR) is 57.7 cm³/mol. The Kier molecular flexibility index (Phi) is 3.68. The molecule has 0 heterocycles. The van der Waals surface area contributed by atoms with Crippen molar-refractivity contribution in [3.05, 3.63) is 22.7 Å². The molecule has 5 heteroatoms. The number of carbonyl (C=O) groups excluding carboxylic acids is 2. The van der Waals surface area contributed by atoms with E-state index < -0.39 is 0 Å². The van der Waals surface area contributed by atoms with Crippen molar-refractivity contribution in [1.82, 2.24) is 0 Å². The van der Waals surface area contributed by atoms with Crippen LogP contribution in [0.3, 0.4) is 0 Å². The van der Waals surface area contributed by atoms with Crippen LogP contribution in [0.15, 0.2) is 12.1 Å². The molecule has 1 rings (SSSR count). The lowest BCUT2D eigenvalue weighted by Gasteiger charge is -2.11. The number of ether oxygens (including phenoxy) is 1. The number of nitrogens with one attached hydrogen (secondary N) is 1. The summed E-state index contributed by atoms with van der Waals surface area (Å²) in [6, 6.07) is 2.99. The largest absolute Gasteiger partial charge is 0.494 e. The summed E-state index contributed by atoms with van der Waals surface area (Å²) in [5.74, 6) is 0.0820. The van der Waals surface area contributed by atoms with E-state index in [1.54, 1.807) is 0 Å². The molecule has 4 nitrogen and oxygen atoms in total. The number of anilines is 1. The van der Waals surface area contributed by atoms with Crippen LogP contribution >= 0.6 is 11.6 Å². The van der Waals surface area contributed by atoms with Crippen LogP contribution in [-0.2, 0) is 4.79 Å². The van der Waals surface area contributed by atoms with Crippen LogP contribution in [0.1, 0.15) is 17.3 Å². The van der Waals surface area contributed by atoms with Crippen molar-refractivity contribution >= 4 is 29.5 Å². The van der Waals surface area contributed by atoms with Crippen molar-refractivity contribution in [3.63, 3.8) is 0 Å². The van der Waals surface area contributed by atoms with Crippen molar-refractivity contribution in [2.45, 2.75) is 6.92 Å². The molecule has 1 amide bonds. The van der Waals surface area contributed by atoms with E-state index in [1.165, 1.54) is 26.2 Å². The molecule has 0 aliphatic heterocycles. The van der Waals surface area contributed by atoms with Gasteiger partial charge in [-0.2, -0.15) is 0 Å². The minimum atomic E-state index is -0.279. The van der Waals surface area contributed by atoms with Gasteiger partial charge in [0.1, 0.15) is 5.75 Å². The molecule has 0 saturated heterocycles. The van der Waals surface area contributed by atoms with Gasteiger partial charge in [0.15, 0.2) is 6.29 Å². The number of amides is 1. The van der Waals surface area contributed by atoms with Gasteiger partial charge < -0.3 is 10.1 Å². The fraction of sp³-hybridized carbons (Fsp3) is 0.200. The number of hydrogen-bond donors (Lipinski definition) is 1. The third-order valence-electron chi connectivity index (χ3n) is 1.75. The molecular formula is C10H10ClNO3. The zero-order chi connectivity index (χ0) is 11.4. The van der Waals surface area contributed by atoms with Crippen LogP contribution in [0.4, 0.5) is 5.69 Å². The van der Waals surface area contributed by atoms with Gasteiger partial charge in [0, 0.05) is 23.6 Å². The van der Waals surface area contributed by atoms with Gasteiger partial charge in [0.25, 0.3) is 0 Å². The fourth-order valence-electron chi connectivity index (χ4n) is 1.17. The number of rotatable bonds is 3. The number of carbonyl (C=O) groups is 2. The van der Waals surface area contributed by atoms with Crippen LogP contribution < -0.4 is 10.1 Å². The van der Waals surface area contributed by atoms with Gasteiger partial charge in [-0.15, -0.1) is 0 Å². The topological polar surface area (TPSA) is 55.4 Å². The van der Waals surface area contributed by atoms with Crippen molar-refractivity contribution in [3.8, 4) is 5.75 Å². The second kappa shape index (κ2) is 4.79. The summed E-state index contributed by atoms with van der Waals surface area (Å²) < 4.78 is 5.01. The predicted octanol–water partition coefficient (Wildman–Crippen LogP) is 2.12. The first-order chi connectivity index (χ1) is 7.08. The van der Waals surface area contributed by atoms with E-state index in [-0.39, 0.29) is 11.5 Å². The average Bonchev–Trinajstić information content (AvgIpc) is 2.19. The van der Waals surface area contributed by atoms with Crippen LogP contribution in [0.25, 0.3) is 0 Å². The van der Waals surface area contributed by atoms with Crippen LogP contribution in [0.5, 0.6) is 5.75 Å². The molecule has 0 spiro atoms. The molecule has 0 aliphatic rings. The summed E-state index contributed by atoms with van der Waals surface area (Å²) in [5.41, 5.74) is 0.624. The summed E-state index contributed by atoms with van der Waals surface area (Å²) in [6.07, 6.45) is 0.611. The Balaban J connectivity index is 3.29. The SMILES string of the molecule is COc1cc(Cl)cc(C=O)c1NC(C)=O. The minimum absolute atomic E-state index is 0.279. The minimum Gasteiger partial charge on any atom is -0.494 e. The standard InChI is InChI=1S/C10H10ClNO3/c1-6(14)12-10-7(5-13)3-8(11)4-9(10)15-2/h3-5H,1-2H3,(H,12,14). The third-order valence-corrected chi connectivity index (χ3v) is 1.96. The van der Waals surface area contributed by atoms with E-state index in [1.807, 2.05) is 0 Å². The van der Waals surface area contributed by atoms with E-state index in [4.69, 9.17) is 16.3 Å². The van der Waals surface area contributed by atoms with Gasteiger partial charge in [-0.1, -0.05) is 11.6 Å². The first kappa shape index (κ1) is 11.5. The zero-order valence-corrected chi connectivity index (χ0v) is 9.09. The first-order valence-corrected chi connectivity index (χ1v) is 4.56. The molecule has 0 bridgehead atoms. The fourth-order valence-corrected chi connectivity index (χ4v) is 1.38. The Hall–Kier alpha value is -1.55. The monoisotopic (exact) mass is 227 g/mol. The van der Waals surface area contributed by atoms with Gasteiger partial charge in [-0.3, -0.25) is 9.59 Å². The van der Waals surface area contributed by atoms with E-state index in [2.05, 4.69) is 5.32 Å². The van der Waals surface area contributed by atoms with E-state index in [9.17, 15) is 9.59 Å². The number of hydrogen-bond acceptors (Lipinski definition) is 3. The lowest BCUT2D eigenvalue weighted by molar-refractivity contribution is -0.114. The lowest BCUT2D eigenvalue weighted by atomic mass is 10.1. The number of methoxy groups -OCH3 is 1. The Morgan fingerprint density at radius 1 is 1.53 bits per heavy atom. The van der Waals surface area contributed by atoms with Gasteiger partial charge in [-0.05, 0) is 6.07 Å². The van der Waals surface area contributed by atoms with Gasteiger partial charge in [-0.25, -0.2) is 0 Å². The van der Waals surface area contributed by atoms with Crippen molar-refractivity contribution in [2.75, 3.05) is 12.4 Å². The smallest absolute Gasteiger partial charge is 0.221 e. The highest BCUT2D eigenvalue weighted by atomic mass is 35.5.